The number of hydrogen-bond donors (Lipinski definition) is 1. The molecule has 1 aliphatic heterocycles. The van der Waals surface area contributed by atoms with Gasteiger partial charge in [-0.05, 0) is 12.8 Å². The Hall–Kier alpha value is -0.340. The molecule has 0 spiro atoms. The second kappa shape index (κ2) is 3.74. The highest BCUT2D eigenvalue weighted by Gasteiger charge is 2.24. The van der Waals surface area contributed by atoms with E-state index in [1.807, 2.05) is 6.08 Å². The second-order valence-electron chi connectivity index (χ2n) is 2.73. The van der Waals surface area contributed by atoms with Gasteiger partial charge in [0, 0.05) is 5.92 Å². The van der Waals surface area contributed by atoms with Crippen molar-refractivity contribution in [2.75, 3.05) is 13.2 Å². The third-order valence-corrected chi connectivity index (χ3v) is 1.91. The maximum absolute atomic E-state index is 9.26. The lowest BCUT2D eigenvalue weighted by atomic mass is 10.0. The molecule has 0 aliphatic carbocycles. The molecular formula is C8H14O2. The summed E-state index contributed by atoms with van der Waals surface area (Å²) < 4.78 is 5.08. The van der Waals surface area contributed by atoms with E-state index in [0.717, 1.165) is 19.4 Å². The smallest absolute Gasteiger partial charge is 0.0823 e. The van der Waals surface area contributed by atoms with Crippen LogP contribution >= 0.6 is 0 Å². The van der Waals surface area contributed by atoms with E-state index in [1.165, 1.54) is 0 Å². The van der Waals surface area contributed by atoms with Crippen LogP contribution < -0.4 is 0 Å². The van der Waals surface area contributed by atoms with E-state index >= 15 is 0 Å². The first-order valence-corrected chi connectivity index (χ1v) is 3.71. The minimum Gasteiger partial charge on any atom is -0.390 e. The van der Waals surface area contributed by atoms with Gasteiger partial charge in [0.05, 0.1) is 19.3 Å². The van der Waals surface area contributed by atoms with Crippen molar-refractivity contribution >= 4 is 0 Å². The zero-order chi connectivity index (χ0) is 7.40. The number of rotatable bonds is 3. The monoisotopic (exact) mass is 142 g/mol. The summed E-state index contributed by atoms with van der Waals surface area (Å²) in [6, 6.07) is 0. The van der Waals surface area contributed by atoms with Crippen molar-refractivity contribution in [1.29, 1.82) is 0 Å². The molecule has 0 aromatic carbocycles. The predicted octanol–water partition coefficient (Wildman–Crippen LogP) is 0.960. The van der Waals surface area contributed by atoms with Gasteiger partial charge >= 0.3 is 0 Å². The Morgan fingerprint density at radius 3 is 2.90 bits per heavy atom. The van der Waals surface area contributed by atoms with Crippen LogP contribution in [0.15, 0.2) is 12.7 Å². The van der Waals surface area contributed by atoms with E-state index in [-0.39, 0.29) is 6.10 Å². The average Bonchev–Trinajstić information content (AvgIpc) is 2.31. The summed E-state index contributed by atoms with van der Waals surface area (Å²) in [5.41, 5.74) is 0. The lowest BCUT2D eigenvalue weighted by Gasteiger charge is -2.09. The number of aliphatic hydroxyl groups is 1. The predicted molar refractivity (Wildman–Crippen MR) is 39.7 cm³/mol. The van der Waals surface area contributed by atoms with Crippen LogP contribution in [0.1, 0.15) is 12.8 Å². The molecule has 0 aromatic rings. The van der Waals surface area contributed by atoms with Crippen LogP contribution in [0.4, 0.5) is 0 Å². The van der Waals surface area contributed by atoms with Gasteiger partial charge < -0.3 is 9.84 Å². The van der Waals surface area contributed by atoms with Crippen LogP contribution in [-0.2, 0) is 4.74 Å². The van der Waals surface area contributed by atoms with E-state index in [4.69, 9.17) is 4.74 Å². The van der Waals surface area contributed by atoms with Gasteiger partial charge in [-0.25, -0.2) is 0 Å². The number of ether oxygens (including phenoxy) is 1. The van der Waals surface area contributed by atoms with Gasteiger partial charge in [0.25, 0.3) is 0 Å². The molecule has 1 aliphatic rings. The van der Waals surface area contributed by atoms with Crippen molar-refractivity contribution in [3.63, 3.8) is 0 Å². The molecule has 1 rings (SSSR count). The SMILES string of the molecule is C=CCCC1COCC1O. The molecule has 2 heteroatoms. The highest BCUT2D eigenvalue weighted by atomic mass is 16.5. The summed E-state index contributed by atoms with van der Waals surface area (Å²) in [5, 5.41) is 9.26. The normalized spacial score (nSPS) is 32.5. The largest absolute Gasteiger partial charge is 0.390 e. The summed E-state index contributed by atoms with van der Waals surface area (Å²) >= 11 is 0. The summed E-state index contributed by atoms with van der Waals surface area (Å²) in [6.07, 6.45) is 3.63. The highest BCUT2D eigenvalue weighted by molar-refractivity contribution is 4.77. The summed E-state index contributed by atoms with van der Waals surface area (Å²) in [6.45, 7) is 4.86. The fourth-order valence-corrected chi connectivity index (χ4v) is 1.19. The Morgan fingerprint density at radius 2 is 2.40 bits per heavy atom. The van der Waals surface area contributed by atoms with Gasteiger partial charge in [-0.3, -0.25) is 0 Å². The molecule has 2 atom stereocenters. The first-order valence-electron chi connectivity index (χ1n) is 3.71. The number of hydrogen-bond acceptors (Lipinski definition) is 2. The van der Waals surface area contributed by atoms with Crippen molar-refractivity contribution in [2.24, 2.45) is 5.92 Å². The molecule has 2 unspecified atom stereocenters. The third-order valence-electron chi connectivity index (χ3n) is 1.91. The van der Waals surface area contributed by atoms with Gasteiger partial charge in [-0.15, -0.1) is 6.58 Å². The van der Waals surface area contributed by atoms with E-state index in [9.17, 15) is 5.11 Å². The quantitative estimate of drug-likeness (QED) is 0.595. The van der Waals surface area contributed by atoms with Crippen LogP contribution in [0.2, 0.25) is 0 Å². The van der Waals surface area contributed by atoms with Crippen molar-refractivity contribution in [3.05, 3.63) is 12.7 Å². The first kappa shape index (κ1) is 7.76. The Morgan fingerprint density at radius 1 is 1.60 bits per heavy atom. The Balaban J connectivity index is 2.19. The lowest BCUT2D eigenvalue weighted by molar-refractivity contribution is 0.117. The summed E-state index contributed by atoms with van der Waals surface area (Å²) in [4.78, 5) is 0. The van der Waals surface area contributed by atoms with Crippen LogP contribution in [0, 0.1) is 5.92 Å². The Bertz CT molecular complexity index is 112. The van der Waals surface area contributed by atoms with Gasteiger partial charge in [0.15, 0.2) is 0 Å². The van der Waals surface area contributed by atoms with Crippen molar-refractivity contribution in [2.45, 2.75) is 18.9 Å². The fourth-order valence-electron chi connectivity index (χ4n) is 1.19. The summed E-state index contributed by atoms with van der Waals surface area (Å²) in [5.74, 6) is 0.345. The van der Waals surface area contributed by atoms with Crippen LogP contribution in [0.25, 0.3) is 0 Å². The number of allylic oxidation sites excluding steroid dienone is 1. The van der Waals surface area contributed by atoms with Gasteiger partial charge in [0.1, 0.15) is 0 Å². The van der Waals surface area contributed by atoms with Crippen LogP contribution in [0.5, 0.6) is 0 Å². The molecule has 0 radical (unpaired) electrons. The molecule has 0 bridgehead atoms. The minimum absolute atomic E-state index is 0.236. The third kappa shape index (κ3) is 1.82. The fraction of sp³-hybridized carbons (Fsp3) is 0.750. The maximum atomic E-state index is 9.26. The van der Waals surface area contributed by atoms with Crippen molar-refractivity contribution < 1.29 is 9.84 Å². The summed E-state index contributed by atoms with van der Waals surface area (Å²) in [7, 11) is 0. The molecular weight excluding hydrogens is 128 g/mol. The molecule has 1 saturated heterocycles. The van der Waals surface area contributed by atoms with Gasteiger partial charge in [-0.2, -0.15) is 0 Å². The molecule has 58 valence electrons. The second-order valence-corrected chi connectivity index (χ2v) is 2.73. The van der Waals surface area contributed by atoms with Crippen LogP contribution in [-0.4, -0.2) is 24.4 Å². The standard InChI is InChI=1S/C8H14O2/c1-2-3-4-7-5-10-6-8(7)9/h2,7-9H,1,3-6H2. The van der Waals surface area contributed by atoms with Crippen molar-refractivity contribution in [1.82, 2.24) is 0 Å². The van der Waals surface area contributed by atoms with E-state index < -0.39 is 0 Å². The van der Waals surface area contributed by atoms with Crippen molar-refractivity contribution in [3.8, 4) is 0 Å². The van der Waals surface area contributed by atoms with Gasteiger partial charge in [-0.1, -0.05) is 6.08 Å². The first-order chi connectivity index (χ1) is 4.84. The lowest BCUT2D eigenvalue weighted by Crippen LogP contribution is -2.17. The molecule has 1 fully saturated rings. The molecule has 0 amide bonds. The topological polar surface area (TPSA) is 29.5 Å². The molecule has 10 heavy (non-hydrogen) atoms. The highest BCUT2D eigenvalue weighted by Crippen LogP contribution is 2.18. The molecule has 0 aromatic heterocycles. The maximum Gasteiger partial charge on any atom is 0.0823 e. The zero-order valence-corrected chi connectivity index (χ0v) is 6.12. The van der Waals surface area contributed by atoms with Gasteiger partial charge in [0.2, 0.25) is 0 Å². The Kier molecular flexibility index (Phi) is 2.90. The average molecular weight is 142 g/mol. The van der Waals surface area contributed by atoms with E-state index in [1.54, 1.807) is 0 Å². The van der Waals surface area contributed by atoms with E-state index in [0.29, 0.717) is 12.5 Å². The molecule has 1 heterocycles. The molecule has 0 saturated carbocycles. The Labute approximate surface area is 61.5 Å². The molecule has 2 nitrogen and oxygen atoms in total. The zero-order valence-electron chi connectivity index (χ0n) is 6.12. The minimum atomic E-state index is -0.236. The number of aliphatic hydroxyl groups excluding tert-OH is 1. The van der Waals surface area contributed by atoms with Crippen LogP contribution in [0.3, 0.4) is 0 Å². The van der Waals surface area contributed by atoms with E-state index in [2.05, 4.69) is 6.58 Å². The molecule has 1 N–H and O–H groups in total.